The van der Waals surface area contributed by atoms with Crippen molar-refractivity contribution in [3.8, 4) is 28.5 Å². The van der Waals surface area contributed by atoms with Crippen molar-refractivity contribution < 1.29 is 19.0 Å². The van der Waals surface area contributed by atoms with Gasteiger partial charge in [0.1, 0.15) is 22.9 Å². The summed E-state index contributed by atoms with van der Waals surface area (Å²) in [5, 5.41) is 10.8. The first kappa shape index (κ1) is 20.7. The van der Waals surface area contributed by atoms with E-state index >= 15 is 0 Å². The summed E-state index contributed by atoms with van der Waals surface area (Å²) in [5.74, 6) is 1.61. The van der Waals surface area contributed by atoms with Crippen molar-refractivity contribution in [1.29, 1.82) is 0 Å². The Balaban J connectivity index is 1.66. The molecule has 0 fully saturated rings. The number of H-pyrrole nitrogens is 1. The Morgan fingerprint density at radius 1 is 1.03 bits per heavy atom. The van der Waals surface area contributed by atoms with Crippen molar-refractivity contribution in [2.45, 2.75) is 0 Å². The molecular formula is C22H22N4O4. The highest BCUT2D eigenvalue weighted by Crippen LogP contribution is 2.32. The Bertz CT molecular complexity index is 1070. The number of carbonyl (C=O) groups is 1. The molecule has 1 heterocycles. The number of ether oxygens (including phenoxy) is 3. The Labute approximate surface area is 174 Å². The van der Waals surface area contributed by atoms with E-state index in [1.165, 1.54) is 6.21 Å². The largest absolute Gasteiger partial charge is 0.497 e. The first-order chi connectivity index (χ1) is 14.7. The lowest BCUT2D eigenvalue weighted by molar-refractivity contribution is 0.0950. The fraction of sp³-hybridized carbons (Fsp3) is 0.136. The summed E-state index contributed by atoms with van der Waals surface area (Å²) in [6.45, 7) is 0. The molecule has 8 nitrogen and oxygen atoms in total. The molecule has 0 aliphatic rings. The Kier molecular flexibility index (Phi) is 6.83. The highest BCUT2D eigenvalue weighted by Gasteiger charge is 2.14. The van der Waals surface area contributed by atoms with Crippen LogP contribution in [-0.2, 0) is 0 Å². The van der Waals surface area contributed by atoms with Gasteiger partial charge in [0.2, 0.25) is 0 Å². The number of rotatable bonds is 8. The van der Waals surface area contributed by atoms with Gasteiger partial charge in [-0.25, -0.2) is 5.43 Å². The molecule has 1 amide bonds. The van der Waals surface area contributed by atoms with Gasteiger partial charge < -0.3 is 14.2 Å². The summed E-state index contributed by atoms with van der Waals surface area (Å²) in [6.07, 6.45) is 5.02. The molecule has 8 heteroatoms. The minimum absolute atomic E-state index is 0.265. The summed E-state index contributed by atoms with van der Waals surface area (Å²) in [5.41, 5.74) is 4.88. The molecule has 2 N–H and O–H groups in total. The van der Waals surface area contributed by atoms with Crippen LogP contribution in [0.5, 0.6) is 17.2 Å². The molecular weight excluding hydrogens is 384 g/mol. The maximum absolute atomic E-state index is 12.3. The quantitative estimate of drug-likeness (QED) is 0.441. The summed E-state index contributed by atoms with van der Waals surface area (Å²) in [4.78, 5) is 12.3. The third kappa shape index (κ3) is 4.85. The summed E-state index contributed by atoms with van der Waals surface area (Å²) in [6, 6.07) is 14.6. The molecule has 30 heavy (non-hydrogen) atoms. The van der Waals surface area contributed by atoms with Crippen LogP contribution in [0.3, 0.4) is 0 Å². The van der Waals surface area contributed by atoms with E-state index < -0.39 is 5.91 Å². The number of para-hydroxylation sites is 1. The monoisotopic (exact) mass is 406 g/mol. The predicted molar refractivity (Wildman–Crippen MR) is 115 cm³/mol. The molecule has 0 atom stereocenters. The van der Waals surface area contributed by atoms with E-state index in [1.54, 1.807) is 51.7 Å². The number of aromatic nitrogens is 2. The minimum atomic E-state index is -0.419. The van der Waals surface area contributed by atoms with E-state index in [4.69, 9.17) is 14.2 Å². The molecule has 0 saturated carbocycles. The lowest BCUT2D eigenvalue weighted by atomic mass is 10.1. The van der Waals surface area contributed by atoms with E-state index in [0.717, 1.165) is 11.3 Å². The van der Waals surface area contributed by atoms with Crippen LogP contribution in [0.1, 0.15) is 16.1 Å². The number of carbonyl (C=O) groups excluding carboxylic acids is 1. The maximum Gasteiger partial charge on any atom is 0.289 e. The second kappa shape index (κ2) is 9.92. The zero-order valence-electron chi connectivity index (χ0n) is 16.9. The van der Waals surface area contributed by atoms with Crippen molar-refractivity contribution >= 4 is 18.2 Å². The molecule has 2 aromatic carbocycles. The van der Waals surface area contributed by atoms with Gasteiger partial charge in [-0.3, -0.25) is 9.89 Å². The molecule has 3 aromatic rings. The van der Waals surface area contributed by atoms with E-state index in [-0.39, 0.29) is 5.69 Å². The average Bonchev–Trinajstić information content (AvgIpc) is 3.28. The van der Waals surface area contributed by atoms with Crippen molar-refractivity contribution in [3.63, 3.8) is 0 Å². The molecule has 154 valence electrons. The van der Waals surface area contributed by atoms with Crippen LogP contribution < -0.4 is 19.6 Å². The topological polar surface area (TPSA) is 97.8 Å². The van der Waals surface area contributed by atoms with Crippen molar-refractivity contribution in [1.82, 2.24) is 15.6 Å². The second-order valence-electron chi connectivity index (χ2n) is 6.05. The van der Waals surface area contributed by atoms with Gasteiger partial charge in [-0.2, -0.15) is 10.2 Å². The lowest BCUT2D eigenvalue weighted by Gasteiger charge is -2.08. The van der Waals surface area contributed by atoms with Gasteiger partial charge in [-0.05, 0) is 42.5 Å². The van der Waals surface area contributed by atoms with Gasteiger partial charge in [-0.15, -0.1) is 0 Å². The molecule has 0 saturated heterocycles. The van der Waals surface area contributed by atoms with Crippen molar-refractivity contribution in [2.24, 2.45) is 5.10 Å². The number of hydrazone groups is 1. The summed E-state index contributed by atoms with van der Waals surface area (Å²) in [7, 11) is 4.76. The number of allylic oxidation sites excluding steroid dienone is 1. The number of methoxy groups -OCH3 is 3. The molecule has 0 spiro atoms. The van der Waals surface area contributed by atoms with E-state index in [0.29, 0.717) is 22.8 Å². The zero-order chi connectivity index (χ0) is 21.3. The number of nitrogens with zero attached hydrogens (tertiary/aromatic N) is 2. The standard InChI is InChI=1S/C22H22N4O4/c1-28-16-10-11-21(30-3)17(13-16)18-14-19(25-24-18)22(27)26-23-12-6-8-15-7-4-5-9-20(15)29-2/h4-14H,1-3H3,(H,24,25)(H,26,27). The number of aromatic amines is 1. The van der Waals surface area contributed by atoms with E-state index in [9.17, 15) is 4.79 Å². The van der Waals surface area contributed by atoms with Crippen LogP contribution in [0, 0.1) is 0 Å². The number of hydrogen-bond acceptors (Lipinski definition) is 6. The van der Waals surface area contributed by atoms with E-state index in [1.807, 2.05) is 30.3 Å². The predicted octanol–water partition coefficient (Wildman–Crippen LogP) is 3.53. The summed E-state index contributed by atoms with van der Waals surface area (Å²) >= 11 is 0. The SMILES string of the molecule is COc1ccc(OC)c(-c2cc(C(=O)NN=CC=Cc3ccccc3OC)[nH]n2)c1. The van der Waals surface area contributed by atoms with Crippen LogP contribution in [0.4, 0.5) is 0 Å². The molecule has 3 rings (SSSR count). The Hall–Kier alpha value is -4.07. The van der Waals surface area contributed by atoms with Crippen LogP contribution in [0.2, 0.25) is 0 Å². The zero-order valence-corrected chi connectivity index (χ0v) is 16.9. The van der Waals surface area contributed by atoms with Crippen LogP contribution >= 0.6 is 0 Å². The van der Waals surface area contributed by atoms with Gasteiger partial charge in [0.05, 0.1) is 27.0 Å². The molecule has 0 radical (unpaired) electrons. The van der Waals surface area contributed by atoms with E-state index in [2.05, 4.69) is 20.7 Å². The Morgan fingerprint density at radius 3 is 2.60 bits per heavy atom. The third-order valence-electron chi connectivity index (χ3n) is 4.25. The molecule has 0 aliphatic carbocycles. The second-order valence-corrected chi connectivity index (χ2v) is 6.05. The van der Waals surface area contributed by atoms with Gasteiger partial charge in [0.15, 0.2) is 0 Å². The number of nitrogens with one attached hydrogen (secondary N) is 2. The fourth-order valence-electron chi connectivity index (χ4n) is 2.74. The smallest absolute Gasteiger partial charge is 0.289 e. The summed E-state index contributed by atoms with van der Waals surface area (Å²) < 4.78 is 15.9. The van der Waals surface area contributed by atoms with Crippen molar-refractivity contribution in [2.75, 3.05) is 21.3 Å². The van der Waals surface area contributed by atoms with Gasteiger partial charge in [-0.1, -0.05) is 18.2 Å². The average molecular weight is 406 g/mol. The normalized spacial score (nSPS) is 11.0. The number of benzene rings is 2. The van der Waals surface area contributed by atoms with Gasteiger partial charge >= 0.3 is 0 Å². The minimum Gasteiger partial charge on any atom is -0.497 e. The number of amides is 1. The fourth-order valence-corrected chi connectivity index (χ4v) is 2.74. The van der Waals surface area contributed by atoms with Crippen LogP contribution in [0.15, 0.2) is 59.7 Å². The molecule has 1 aromatic heterocycles. The maximum atomic E-state index is 12.3. The van der Waals surface area contributed by atoms with Crippen molar-refractivity contribution in [3.05, 3.63) is 65.9 Å². The Morgan fingerprint density at radius 2 is 1.83 bits per heavy atom. The van der Waals surface area contributed by atoms with Gasteiger partial charge in [0, 0.05) is 17.3 Å². The first-order valence-corrected chi connectivity index (χ1v) is 9.07. The van der Waals surface area contributed by atoms with Crippen LogP contribution in [-0.4, -0.2) is 43.6 Å². The first-order valence-electron chi connectivity index (χ1n) is 9.07. The third-order valence-corrected chi connectivity index (χ3v) is 4.25. The highest BCUT2D eigenvalue weighted by molar-refractivity contribution is 5.94. The molecule has 0 aliphatic heterocycles. The van der Waals surface area contributed by atoms with Gasteiger partial charge in [0.25, 0.3) is 5.91 Å². The highest BCUT2D eigenvalue weighted by atomic mass is 16.5. The molecule has 0 unspecified atom stereocenters. The lowest BCUT2D eigenvalue weighted by Crippen LogP contribution is -2.17. The molecule has 0 bridgehead atoms. The van der Waals surface area contributed by atoms with Crippen LogP contribution in [0.25, 0.3) is 17.3 Å². The number of hydrogen-bond donors (Lipinski definition) is 2.